The van der Waals surface area contributed by atoms with Crippen molar-refractivity contribution in [3.05, 3.63) is 44.3 Å². The zero-order chi connectivity index (χ0) is 14.5. The maximum absolute atomic E-state index is 8.75. The Morgan fingerprint density at radius 1 is 1.24 bits per heavy atom. The predicted molar refractivity (Wildman–Crippen MR) is 89.5 cm³/mol. The molecule has 0 radical (unpaired) electrons. The van der Waals surface area contributed by atoms with Gasteiger partial charge in [0.05, 0.1) is 6.61 Å². The van der Waals surface area contributed by atoms with Crippen LogP contribution >= 0.6 is 22.7 Å². The Morgan fingerprint density at radius 2 is 2.10 bits per heavy atom. The molecule has 4 heteroatoms. The highest BCUT2D eigenvalue weighted by Crippen LogP contribution is 2.31. The summed E-state index contributed by atoms with van der Waals surface area (Å²) in [6.45, 7) is 2.22. The molecule has 0 bridgehead atoms. The van der Waals surface area contributed by atoms with Crippen LogP contribution in [0.5, 0.6) is 0 Å². The molecule has 21 heavy (non-hydrogen) atoms. The summed E-state index contributed by atoms with van der Waals surface area (Å²) in [6.07, 6.45) is 3.22. The van der Waals surface area contributed by atoms with Crippen LogP contribution < -0.4 is 0 Å². The Morgan fingerprint density at radius 3 is 2.81 bits per heavy atom. The highest BCUT2D eigenvalue weighted by molar-refractivity contribution is 7.10. The van der Waals surface area contributed by atoms with Crippen molar-refractivity contribution >= 4 is 22.7 Å². The van der Waals surface area contributed by atoms with Gasteiger partial charge in [0, 0.05) is 46.2 Å². The van der Waals surface area contributed by atoms with E-state index in [0.717, 1.165) is 24.7 Å². The van der Waals surface area contributed by atoms with E-state index in [-0.39, 0.29) is 6.61 Å². The van der Waals surface area contributed by atoms with Crippen LogP contribution in [0.15, 0.2) is 29.0 Å². The Kier molecular flexibility index (Phi) is 5.10. The van der Waals surface area contributed by atoms with Crippen molar-refractivity contribution in [2.75, 3.05) is 6.61 Å². The predicted octanol–water partition coefficient (Wildman–Crippen LogP) is 3.71. The lowest BCUT2D eigenvalue weighted by Gasteiger charge is -2.20. The van der Waals surface area contributed by atoms with E-state index in [2.05, 4.69) is 45.7 Å². The number of hydrogen-bond acceptors (Lipinski definition) is 4. The van der Waals surface area contributed by atoms with Gasteiger partial charge in [0.15, 0.2) is 0 Å². The summed E-state index contributed by atoms with van der Waals surface area (Å²) in [5.41, 5.74) is 1.08. The molecule has 2 nitrogen and oxygen atoms in total. The molecule has 1 aliphatic carbocycles. The Bertz CT molecular complexity index is 617. The molecule has 0 amide bonds. The monoisotopic (exact) mass is 317 g/mol. The largest absolute Gasteiger partial charge is 0.395 e. The fourth-order valence-corrected chi connectivity index (χ4v) is 3.88. The molecule has 2 aromatic heterocycles. The molecule has 110 valence electrons. The standard InChI is InChI=1S/C17H19NOS2/c19-8-2-1-4-14-10-17(21-13-14)12-18(15-6-7-15)11-16-5-3-9-20-16/h3,5,9-10,13,15,19H,2,6-8,11-12H2. The van der Waals surface area contributed by atoms with Gasteiger partial charge < -0.3 is 5.11 Å². The van der Waals surface area contributed by atoms with Crippen molar-refractivity contribution < 1.29 is 5.11 Å². The van der Waals surface area contributed by atoms with Crippen LogP contribution in [0.25, 0.3) is 0 Å². The number of aliphatic hydroxyl groups excluding tert-OH is 1. The topological polar surface area (TPSA) is 23.5 Å². The molecular formula is C17H19NOS2. The van der Waals surface area contributed by atoms with E-state index < -0.39 is 0 Å². The molecule has 0 aliphatic heterocycles. The molecule has 3 rings (SSSR count). The van der Waals surface area contributed by atoms with Gasteiger partial charge in [-0.3, -0.25) is 4.90 Å². The lowest BCUT2D eigenvalue weighted by atomic mass is 10.3. The van der Waals surface area contributed by atoms with Crippen molar-refractivity contribution in [1.29, 1.82) is 0 Å². The van der Waals surface area contributed by atoms with Crippen molar-refractivity contribution in [3.63, 3.8) is 0 Å². The summed E-state index contributed by atoms with van der Waals surface area (Å²) in [5.74, 6) is 6.10. The molecule has 1 aliphatic rings. The van der Waals surface area contributed by atoms with Crippen LogP contribution in [0.2, 0.25) is 0 Å². The molecular weight excluding hydrogens is 298 g/mol. The Balaban J connectivity index is 1.62. The van der Waals surface area contributed by atoms with E-state index in [9.17, 15) is 0 Å². The molecule has 2 heterocycles. The normalized spacial score (nSPS) is 14.2. The summed E-state index contributed by atoms with van der Waals surface area (Å²) in [7, 11) is 0. The molecule has 1 N–H and O–H groups in total. The zero-order valence-electron chi connectivity index (χ0n) is 11.9. The van der Waals surface area contributed by atoms with Crippen LogP contribution in [0.3, 0.4) is 0 Å². The molecule has 1 saturated carbocycles. The highest BCUT2D eigenvalue weighted by atomic mass is 32.1. The van der Waals surface area contributed by atoms with E-state index in [1.807, 2.05) is 11.3 Å². The second-order valence-electron chi connectivity index (χ2n) is 5.29. The lowest BCUT2D eigenvalue weighted by Crippen LogP contribution is -2.24. The van der Waals surface area contributed by atoms with Crippen molar-refractivity contribution in [1.82, 2.24) is 4.90 Å². The molecule has 0 atom stereocenters. The van der Waals surface area contributed by atoms with E-state index in [1.54, 1.807) is 11.3 Å². The van der Waals surface area contributed by atoms with E-state index in [4.69, 9.17) is 5.11 Å². The van der Waals surface area contributed by atoms with Crippen molar-refractivity contribution in [2.45, 2.75) is 38.4 Å². The van der Waals surface area contributed by atoms with Gasteiger partial charge in [-0.15, -0.1) is 22.7 Å². The maximum Gasteiger partial charge on any atom is 0.0540 e. The summed E-state index contributed by atoms with van der Waals surface area (Å²) in [6, 6.07) is 7.31. The first-order valence-corrected chi connectivity index (χ1v) is 9.04. The second kappa shape index (κ2) is 7.24. The molecule has 0 spiro atoms. The number of rotatable bonds is 6. The first-order chi connectivity index (χ1) is 10.3. The third-order valence-electron chi connectivity index (χ3n) is 3.48. The van der Waals surface area contributed by atoms with Crippen LogP contribution in [0.1, 0.15) is 34.6 Å². The summed E-state index contributed by atoms with van der Waals surface area (Å²) in [4.78, 5) is 5.41. The van der Waals surface area contributed by atoms with Crippen LogP contribution in [-0.2, 0) is 13.1 Å². The van der Waals surface area contributed by atoms with Crippen LogP contribution in [0, 0.1) is 11.8 Å². The lowest BCUT2D eigenvalue weighted by molar-refractivity contribution is 0.250. The molecule has 0 saturated heterocycles. The molecule has 0 aromatic carbocycles. The summed E-state index contributed by atoms with van der Waals surface area (Å²) in [5, 5.41) is 13.0. The quantitative estimate of drug-likeness (QED) is 0.821. The average molecular weight is 317 g/mol. The summed E-state index contributed by atoms with van der Waals surface area (Å²) >= 11 is 3.63. The van der Waals surface area contributed by atoms with Gasteiger partial charge in [-0.05, 0) is 30.4 Å². The Labute approximate surface area is 134 Å². The maximum atomic E-state index is 8.75. The first-order valence-electron chi connectivity index (χ1n) is 7.29. The second-order valence-corrected chi connectivity index (χ2v) is 7.32. The Hall–Kier alpha value is -1.12. The first kappa shape index (κ1) is 14.8. The SMILES string of the molecule is OCCC#Cc1csc(CN(Cc2cccs2)C2CC2)c1. The van der Waals surface area contributed by atoms with Gasteiger partial charge in [0.2, 0.25) is 0 Å². The minimum Gasteiger partial charge on any atom is -0.395 e. The van der Waals surface area contributed by atoms with Crippen molar-refractivity contribution in [3.8, 4) is 11.8 Å². The van der Waals surface area contributed by atoms with E-state index in [0.29, 0.717) is 6.42 Å². The molecule has 1 fully saturated rings. The fourth-order valence-electron chi connectivity index (χ4n) is 2.31. The van der Waals surface area contributed by atoms with E-state index in [1.165, 1.54) is 22.6 Å². The van der Waals surface area contributed by atoms with Crippen LogP contribution in [0.4, 0.5) is 0 Å². The number of aliphatic hydroxyl groups is 1. The zero-order valence-corrected chi connectivity index (χ0v) is 13.6. The van der Waals surface area contributed by atoms with Gasteiger partial charge in [0.25, 0.3) is 0 Å². The molecule has 2 aromatic rings. The van der Waals surface area contributed by atoms with Gasteiger partial charge in [-0.2, -0.15) is 0 Å². The van der Waals surface area contributed by atoms with Gasteiger partial charge in [-0.25, -0.2) is 0 Å². The van der Waals surface area contributed by atoms with Gasteiger partial charge >= 0.3 is 0 Å². The van der Waals surface area contributed by atoms with Gasteiger partial charge in [-0.1, -0.05) is 17.9 Å². The summed E-state index contributed by atoms with van der Waals surface area (Å²) < 4.78 is 0. The smallest absolute Gasteiger partial charge is 0.0540 e. The van der Waals surface area contributed by atoms with E-state index >= 15 is 0 Å². The number of thiophene rings is 2. The minimum absolute atomic E-state index is 0.139. The van der Waals surface area contributed by atoms with Gasteiger partial charge in [0.1, 0.15) is 0 Å². The third-order valence-corrected chi connectivity index (χ3v) is 5.27. The van der Waals surface area contributed by atoms with Crippen LogP contribution in [-0.4, -0.2) is 22.7 Å². The molecule has 0 unspecified atom stereocenters. The van der Waals surface area contributed by atoms with Crippen molar-refractivity contribution in [2.24, 2.45) is 0 Å². The average Bonchev–Trinajstić information content (AvgIpc) is 3.03. The minimum atomic E-state index is 0.139. The fraction of sp³-hybridized carbons (Fsp3) is 0.412. The number of hydrogen-bond donors (Lipinski definition) is 1. The highest BCUT2D eigenvalue weighted by Gasteiger charge is 2.29. The number of nitrogens with zero attached hydrogens (tertiary/aromatic N) is 1. The third kappa shape index (κ3) is 4.42.